The van der Waals surface area contributed by atoms with Gasteiger partial charge in [0, 0.05) is 12.1 Å². The third-order valence-corrected chi connectivity index (χ3v) is 2.75. The number of amides is 2. The summed E-state index contributed by atoms with van der Waals surface area (Å²) in [4.78, 5) is 23.4. The predicted molar refractivity (Wildman–Crippen MR) is 76.2 cm³/mol. The molecule has 0 aliphatic carbocycles. The summed E-state index contributed by atoms with van der Waals surface area (Å²) < 4.78 is 0. The number of benzene rings is 1. The quantitative estimate of drug-likeness (QED) is 0.770. The average Bonchev–Trinajstić information content (AvgIpc) is 2.35. The molecule has 0 aromatic heterocycles. The molecule has 0 saturated heterocycles. The van der Waals surface area contributed by atoms with Crippen molar-refractivity contribution in [3.05, 3.63) is 34.9 Å². The maximum absolute atomic E-state index is 11.9. The van der Waals surface area contributed by atoms with Gasteiger partial charge < -0.3 is 10.6 Å². The summed E-state index contributed by atoms with van der Waals surface area (Å²) in [6, 6.07) is 5.64. The SMILES string of the molecule is CCCCNC(=O)CNC(=O)c1cc(C)cc(C)c1. The van der Waals surface area contributed by atoms with Gasteiger partial charge in [-0.15, -0.1) is 0 Å². The van der Waals surface area contributed by atoms with Crippen molar-refractivity contribution in [2.45, 2.75) is 33.6 Å². The fraction of sp³-hybridized carbons (Fsp3) is 0.467. The molecule has 0 heterocycles. The lowest BCUT2D eigenvalue weighted by atomic mass is 10.1. The zero-order valence-electron chi connectivity index (χ0n) is 11.9. The third-order valence-electron chi connectivity index (χ3n) is 2.75. The van der Waals surface area contributed by atoms with E-state index < -0.39 is 0 Å². The number of carbonyl (C=O) groups is 2. The zero-order valence-corrected chi connectivity index (χ0v) is 11.9. The molecular weight excluding hydrogens is 240 g/mol. The van der Waals surface area contributed by atoms with Gasteiger partial charge in [0.15, 0.2) is 0 Å². The fourth-order valence-corrected chi connectivity index (χ4v) is 1.84. The molecule has 0 aliphatic heterocycles. The van der Waals surface area contributed by atoms with E-state index in [4.69, 9.17) is 0 Å². The monoisotopic (exact) mass is 262 g/mol. The van der Waals surface area contributed by atoms with Crippen molar-refractivity contribution in [2.24, 2.45) is 0 Å². The smallest absolute Gasteiger partial charge is 0.251 e. The van der Waals surface area contributed by atoms with E-state index in [1.54, 1.807) is 0 Å². The molecule has 1 aromatic carbocycles. The summed E-state index contributed by atoms with van der Waals surface area (Å²) in [5, 5.41) is 5.39. The van der Waals surface area contributed by atoms with Crippen LogP contribution in [0.25, 0.3) is 0 Å². The number of carbonyl (C=O) groups excluding carboxylic acids is 2. The maximum atomic E-state index is 11.9. The molecule has 0 saturated carbocycles. The minimum absolute atomic E-state index is 0.0234. The second kappa shape index (κ2) is 7.56. The Labute approximate surface area is 114 Å². The first kappa shape index (κ1) is 15.2. The second-order valence-electron chi connectivity index (χ2n) is 4.76. The summed E-state index contributed by atoms with van der Waals surface area (Å²) in [6.07, 6.45) is 1.99. The van der Waals surface area contributed by atoms with Crippen LogP contribution in [0.5, 0.6) is 0 Å². The standard InChI is InChI=1S/C15H22N2O2/c1-4-5-6-16-14(18)10-17-15(19)13-8-11(2)7-12(3)9-13/h7-9H,4-6,10H2,1-3H3,(H,16,18)(H,17,19). The summed E-state index contributed by atoms with van der Waals surface area (Å²) in [5.74, 6) is -0.358. The van der Waals surface area contributed by atoms with Crippen molar-refractivity contribution in [3.63, 3.8) is 0 Å². The van der Waals surface area contributed by atoms with Crippen LogP contribution in [-0.2, 0) is 4.79 Å². The van der Waals surface area contributed by atoms with Crippen LogP contribution in [0.15, 0.2) is 18.2 Å². The van der Waals surface area contributed by atoms with E-state index >= 15 is 0 Å². The summed E-state index contributed by atoms with van der Waals surface area (Å²) >= 11 is 0. The van der Waals surface area contributed by atoms with E-state index in [0.29, 0.717) is 12.1 Å². The highest BCUT2D eigenvalue weighted by Gasteiger charge is 2.08. The molecule has 0 fully saturated rings. The van der Waals surface area contributed by atoms with Gasteiger partial charge in [-0.1, -0.05) is 30.5 Å². The molecule has 1 aromatic rings. The molecule has 0 unspecified atom stereocenters. The van der Waals surface area contributed by atoms with Crippen molar-refractivity contribution in [2.75, 3.05) is 13.1 Å². The van der Waals surface area contributed by atoms with Crippen molar-refractivity contribution < 1.29 is 9.59 Å². The van der Waals surface area contributed by atoms with Crippen molar-refractivity contribution in [3.8, 4) is 0 Å². The fourth-order valence-electron chi connectivity index (χ4n) is 1.84. The number of unbranched alkanes of at least 4 members (excludes halogenated alkanes) is 1. The zero-order chi connectivity index (χ0) is 14.3. The molecule has 0 aliphatic rings. The van der Waals surface area contributed by atoms with Gasteiger partial charge in [-0.2, -0.15) is 0 Å². The van der Waals surface area contributed by atoms with Crippen LogP contribution in [0.2, 0.25) is 0 Å². The van der Waals surface area contributed by atoms with E-state index in [9.17, 15) is 9.59 Å². The molecule has 0 spiro atoms. The molecule has 19 heavy (non-hydrogen) atoms. The molecule has 4 nitrogen and oxygen atoms in total. The van der Waals surface area contributed by atoms with E-state index in [2.05, 4.69) is 17.6 Å². The van der Waals surface area contributed by atoms with Crippen molar-refractivity contribution in [1.82, 2.24) is 10.6 Å². The number of hydrogen-bond acceptors (Lipinski definition) is 2. The number of nitrogens with one attached hydrogen (secondary N) is 2. The van der Waals surface area contributed by atoms with Gasteiger partial charge in [0.2, 0.25) is 5.91 Å². The molecule has 0 radical (unpaired) electrons. The Morgan fingerprint density at radius 3 is 2.26 bits per heavy atom. The van der Waals surface area contributed by atoms with Crippen LogP contribution in [0.4, 0.5) is 0 Å². The van der Waals surface area contributed by atoms with E-state index in [0.717, 1.165) is 24.0 Å². The normalized spacial score (nSPS) is 10.1. The minimum Gasteiger partial charge on any atom is -0.355 e. The number of rotatable bonds is 6. The molecule has 0 bridgehead atoms. The lowest BCUT2D eigenvalue weighted by Crippen LogP contribution is -2.37. The second-order valence-corrected chi connectivity index (χ2v) is 4.76. The summed E-state index contributed by atoms with van der Waals surface area (Å²) in [6.45, 7) is 6.64. The van der Waals surface area contributed by atoms with E-state index in [-0.39, 0.29) is 18.4 Å². The lowest BCUT2D eigenvalue weighted by molar-refractivity contribution is -0.120. The topological polar surface area (TPSA) is 58.2 Å². The highest BCUT2D eigenvalue weighted by Crippen LogP contribution is 2.08. The van der Waals surface area contributed by atoms with Gasteiger partial charge in [0.05, 0.1) is 6.54 Å². The Balaban J connectivity index is 2.44. The van der Waals surface area contributed by atoms with Gasteiger partial charge in [0.1, 0.15) is 0 Å². The van der Waals surface area contributed by atoms with Crippen molar-refractivity contribution in [1.29, 1.82) is 0 Å². The van der Waals surface area contributed by atoms with Crippen LogP contribution in [0.3, 0.4) is 0 Å². The van der Waals surface area contributed by atoms with Gasteiger partial charge in [-0.25, -0.2) is 0 Å². The van der Waals surface area contributed by atoms with Gasteiger partial charge in [0.25, 0.3) is 5.91 Å². The largest absolute Gasteiger partial charge is 0.355 e. The molecule has 2 N–H and O–H groups in total. The third kappa shape index (κ3) is 5.55. The molecule has 104 valence electrons. The first-order chi connectivity index (χ1) is 9.02. The first-order valence-corrected chi connectivity index (χ1v) is 6.66. The molecule has 4 heteroatoms. The molecular formula is C15H22N2O2. The average molecular weight is 262 g/mol. The lowest BCUT2D eigenvalue weighted by Gasteiger charge is -2.07. The maximum Gasteiger partial charge on any atom is 0.251 e. The van der Waals surface area contributed by atoms with Crippen LogP contribution in [0.1, 0.15) is 41.3 Å². The first-order valence-electron chi connectivity index (χ1n) is 6.66. The number of aryl methyl sites for hydroxylation is 2. The molecule has 1 rings (SSSR count). The number of hydrogen-bond donors (Lipinski definition) is 2. The van der Waals surface area contributed by atoms with E-state index in [1.165, 1.54) is 0 Å². The van der Waals surface area contributed by atoms with Gasteiger partial charge in [-0.3, -0.25) is 9.59 Å². The summed E-state index contributed by atoms with van der Waals surface area (Å²) in [7, 11) is 0. The highest BCUT2D eigenvalue weighted by molar-refractivity contribution is 5.96. The van der Waals surface area contributed by atoms with Crippen LogP contribution >= 0.6 is 0 Å². The Hall–Kier alpha value is -1.84. The Morgan fingerprint density at radius 1 is 1.05 bits per heavy atom. The van der Waals surface area contributed by atoms with E-state index in [1.807, 2.05) is 32.0 Å². The van der Waals surface area contributed by atoms with Gasteiger partial charge >= 0.3 is 0 Å². The predicted octanol–water partition coefficient (Wildman–Crippen LogP) is 1.95. The Bertz CT molecular complexity index is 435. The van der Waals surface area contributed by atoms with Gasteiger partial charge in [-0.05, 0) is 32.4 Å². The Morgan fingerprint density at radius 2 is 1.68 bits per heavy atom. The van der Waals surface area contributed by atoms with Crippen LogP contribution in [-0.4, -0.2) is 24.9 Å². The minimum atomic E-state index is -0.211. The van der Waals surface area contributed by atoms with Crippen molar-refractivity contribution >= 4 is 11.8 Å². The molecule has 2 amide bonds. The summed E-state index contributed by atoms with van der Waals surface area (Å²) in [5.41, 5.74) is 2.67. The van der Waals surface area contributed by atoms with Crippen LogP contribution in [0, 0.1) is 13.8 Å². The molecule has 0 atom stereocenters. The van der Waals surface area contributed by atoms with Crippen LogP contribution < -0.4 is 10.6 Å². The highest BCUT2D eigenvalue weighted by atomic mass is 16.2. The Kier molecular flexibility index (Phi) is 6.06.